The van der Waals surface area contributed by atoms with Gasteiger partial charge in [-0.15, -0.1) is 0 Å². The first kappa shape index (κ1) is 15.2. The van der Waals surface area contributed by atoms with Crippen molar-refractivity contribution in [3.05, 3.63) is 69.4 Å². The van der Waals surface area contributed by atoms with Crippen molar-refractivity contribution in [1.29, 1.82) is 0 Å². The molecule has 2 aromatic rings. The van der Waals surface area contributed by atoms with E-state index in [0.29, 0.717) is 4.47 Å². The molecule has 0 radical (unpaired) electrons. The summed E-state index contributed by atoms with van der Waals surface area (Å²) in [7, 11) is 0. The van der Waals surface area contributed by atoms with Crippen molar-refractivity contribution < 1.29 is 9.50 Å². The first-order valence-corrected chi connectivity index (χ1v) is 7.22. The van der Waals surface area contributed by atoms with Crippen molar-refractivity contribution in [1.82, 2.24) is 0 Å². The van der Waals surface area contributed by atoms with E-state index in [1.165, 1.54) is 6.07 Å². The summed E-state index contributed by atoms with van der Waals surface area (Å²) in [6.45, 7) is 2.22. The first-order chi connectivity index (χ1) is 9.54. The molecule has 4 heteroatoms. The second-order valence-corrected chi connectivity index (χ2v) is 5.69. The number of hydrogen-bond acceptors (Lipinski definition) is 2. The van der Waals surface area contributed by atoms with Crippen molar-refractivity contribution >= 4 is 15.9 Å². The smallest absolute Gasteiger partial charge is 0.130 e. The highest BCUT2D eigenvalue weighted by Gasteiger charge is 2.26. The lowest BCUT2D eigenvalue weighted by atomic mass is 9.88. The third kappa shape index (κ3) is 3.08. The van der Waals surface area contributed by atoms with E-state index in [2.05, 4.69) is 15.9 Å². The second kappa shape index (κ2) is 6.48. The molecular formula is C16H17BrFNO. The summed E-state index contributed by atoms with van der Waals surface area (Å²) in [6.07, 6.45) is -0.989. The highest BCUT2D eigenvalue weighted by Crippen LogP contribution is 2.35. The predicted octanol–water partition coefficient (Wildman–Crippen LogP) is 3.67. The number of aliphatic hydroxyl groups excluding tert-OH is 1. The molecule has 2 atom stereocenters. The topological polar surface area (TPSA) is 46.2 Å². The molecular weight excluding hydrogens is 321 g/mol. The summed E-state index contributed by atoms with van der Waals surface area (Å²) in [4.78, 5) is 0. The standard InChI is InChI=1S/C16H17BrFNO/c1-10-4-2-5-11(8-10)12(9-19)16(20)15-13(17)6-3-7-14(15)18/h2-8,12,16,20H,9,19H2,1H3. The minimum absolute atomic E-state index is 0.241. The molecule has 20 heavy (non-hydrogen) atoms. The molecule has 0 aliphatic rings. The number of rotatable bonds is 4. The molecule has 0 saturated heterocycles. The molecule has 0 spiro atoms. The van der Waals surface area contributed by atoms with Crippen molar-refractivity contribution in [2.75, 3.05) is 6.54 Å². The normalized spacial score (nSPS) is 14.1. The van der Waals surface area contributed by atoms with Gasteiger partial charge in [0.15, 0.2) is 0 Å². The minimum Gasteiger partial charge on any atom is -0.388 e. The lowest BCUT2D eigenvalue weighted by Crippen LogP contribution is -2.21. The van der Waals surface area contributed by atoms with Gasteiger partial charge in [0.2, 0.25) is 0 Å². The van der Waals surface area contributed by atoms with E-state index in [9.17, 15) is 9.50 Å². The quantitative estimate of drug-likeness (QED) is 0.893. The van der Waals surface area contributed by atoms with Crippen LogP contribution in [0.4, 0.5) is 4.39 Å². The average Bonchev–Trinajstić information content (AvgIpc) is 2.39. The van der Waals surface area contributed by atoms with E-state index >= 15 is 0 Å². The maximum absolute atomic E-state index is 14.0. The van der Waals surface area contributed by atoms with Gasteiger partial charge in [-0.3, -0.25) is 0 Å². The Morgan fingerprint density at radius 3 is 2.55 bits per heavy atom. The zero-order valence-corrected chi connectivity index (χ0v) is 12.8. The fraction of sp³-hybridized carbons (Fsp3) is 0.250. The van der Waals surface area contributed by atoms with Crippen molar-refractivity contribution in [2.45, 2.75) is 18.9 Å². The van der Waals surface area contributed by atoms with Crippen molar-refractivity contribution in [2.24, 2.45) is 5.73 Å². The fourth-order valence-corrected chi connectivity index (χ4v) is 2.92. The van der Waals surface area contributed by atoms with Crippen LogP contribution in [0.15, 0.2) is 46.9 Å². The second-order valence-electron chi connectivity index (χ2n) is 4.84. The van der Waals surface area contributed by atoms with Gasteiger partial charge in [-0.05, 0) is 24.6 Å². The molecule has 0 heterocycles. The third-order valence-electron chi connectivity index (χ3n) is 3.40. The van der Waals surface area contributed by atoms with Crippen LogP contribution < -0.4 is 5.73 Å². The van der Waals surface area contributed by atoms with Crippen LogP contribution in [0.5, 0.6) is 0 Å². The van der Waals surface area contributed by atoms with Gasteiger partial charge in [-0.25, -0.2) is 4.39 Å². The zero-order valence-electron chi connectivity index (χ0n) is 11.2. The number of nitrogens with two attached hydrogens (primary N) is 1. The van der Waals surface area contributed by atoms with Gasteiger partial charge in [0.1, 0.15) is 5.82 Å². The van der Waals surface area contributed by atoms with Gasteiger partial charge in [0.25, 0.3) is 0 Å². The number of benzene rings is 2. The number of aryl methyl sites for hydroxylation is 1. The maximum Gasteiger partial charge on any atom is 0.130 e. The third-order valence-corrected chi connectivity index (χ3v) is 4.09. The van der Waals surface area contributed by atoms with Gasteiger partial charge in [0, 0.05) is 22.5 Å². The summed E-state index contributed by atoms with van der Waals surface area (Å²) >= 11 is 3.29. The molecule has 0 amide bonds. The molecule has 2 rings (SSSR count). The summed E-state index contributed by atoms with van der Waals surface area (Å²) in [6, 6.07) is 12.4. The van der Waals surface area contributed by atoms with E-state index in [4.69, 9.17) is 5.73 Å². The lowest BCUT2D eigenvalue weighted by molar-refractivity contribution is 0.142. The largest absolute Gasteiger partial charge is 0.388 e. The van der Waals surface area contributed by atoms with Crippen molar-refractivity contribution in [3.63, 3.8) is 0 Å². The van der Waals surface area contributed by atoms with Crippen LogP contribution in [-0.4, -0.2) is 11.7 Å². The SMILES string of the molecule is Cc1cccc(C(CN)C(O)c2c(F)cccc2Br)c1. The van der Waals surface area contributed by atoms with E-state index in [-0.39, 0.29) is 18.0 Å². The van der Waals surface area contributed by atoms with E-state index in [1.54, 1.807) is 12.1 Å². The highest BCUT2D eigenvalue weighted by atomic mass is 79.9. The molecule has 0 aliphatic heterocycles. The van der Waals surface area contributed by atoms with Gasteiger partial charge in [-0.2, -0.15) is 0 Å². The Morgan fingerprint density at radius 2 is 1.95 bits per heavy atom. The molecule has 0 fully saturated rings. The fourth-order valence-electron chi connectivity index (χ4n) is 2.34. The highest BCUT2D eigenvalue weighted by molar-refractivity contribution is 9.10. The lowest BCUT2D eigenvalue weighted by Gasteiger charge is -2.24. The summed E-state index contributed by atoms with van der Waals surface area (Å²) in [5.74, 6) is -0.777. The molecule has 106 valence electrons. The minimum atomic E-state index is -0.989. The first-order valence-electron chi connectivity index (χ1n) is 6.43. The Bertz CT molecular complexity index is 583. The van der Waals surface area contributed by atoms with Gasteiger partial charge in [0.05, 0.1) is 6.10 Å². The molecule has 2 aromatic carbocycles. The summed E-state index contributed by atoms with van der Waals surface area (Å²) < 4.78 is 14.5. The van der Waals surface area contributed by atoms with Crippen LogP contribution in [0, 0.1) is 12.7 Å². The van der Waals surface area contributed by atoms with Crippen LogP contribution in [0.25, 0.3) is 0 Å². The van der Waals surface area contributed by atoms with Crippen LogP contribution in [0.3, 0.4) is 0 Å². The van der Waals surface area contributed by atoms with E-state index in [0.717, 1.165) is 11.1 Å². The number of aliphatic hydroxyl groups is 1. The van der Waals surface area contributed by atoms with Crippen LogP contribution in [-0.2, 0) is 0 Å². The van der Waals surface area contributed by atoms with Crippen LogP contribution in [0.2, 0.25) is 0 Å². The number of hydrogen-bond donors (Lipinski definition) is 2. The Hall–Kier alpha value is -1.23. The summed E-state index contributed by atoms with van der Waals surface area (Å²) in [5.41, 5.74) is 8.05. The number of halogens is 2. The molecule has 2 nitrogen and oxygen atoms in total. The zero-order chi connectivity index (χ0) is 14.7. The van der Waals surface area contributed by atoms with E-state index in [1.807, 2.05) is 31.2 Å². The Labute approximate surface area is 126 Å². The Morgan fingerprint density at radius 1 is 1.25 bits per heavy atom. The Kier molecular flexibility index (Phi) is 4.91. The van der Waals surface area contributed by atoms with Gasteiger partial charge in [-0.1, -0.05) is 51.8 Å². The molecule has 2 unspecified atom stereocenters. The molecule has 0 saturated carbocycles. The van der Waals surface area contributed by atoms with Gasteiger partial charge < -0.3 is 10.8 Å². The van der Waals surface area contributed by atoms with E-state index < -0.39 is 11.9 Å². The Balaban J connectivity index is 2.41. The van der Waals surface area contributed by atoms with Crippen molar-refractivity contribution in [3.8, 4) is 0 Å². The predicted molar refractivity (Wildman–Crippen MR) is 82.0 cm³/mol. The van der Waals surface area contributed by atoms with Crippen LogP contribution in [0.1, 0.15) is 28.7 Å². The molecule has 0 aromatic heterocycles. The summed E-state index contributed by atoms with van der Waals surface area (Å²) in [5, 5.41) is 10.5. The van der Waals surface area contributed by atoms with Gasteiger partial charge >= 0.3 is 0 Å². The maximum atomic E-state index is 14.0. The molecule has 3 N–H and O–H groups in total. The molecule has 0 bridgehead atoms. The average molecular weight is 338 g/mol. The molecule has 0 aliphatic carbocycles. The van der Waals surface area contributed by atoms with Crippen LogP contribution >= 0.6 is 15.9 Å². The monoisotopic (exact) mass is 337 g/mol.